The Morgan fingerprint density at radius 3 is 2.71 bits per heavy atom. The maximum atomic E-state index is 12.3. The van der Waals surface area contributed by atoms with E-state index in [1.54, 1.807) is 38.5 Å². The SMILES string of the molecule is CNCc1cc(S(=O)(=O)NCc2ccncc2C)c(C)o1. The van der Waals surface area contributed by atoms with Crippen LogP contribution in [0.4, 0.5) is 0 Å². The van der Waals surface area contributed by atoms with Crippen molar-refractivity contribution in [1.29, 1.82) is 0 Å². The van der Waals surface area contributed by atoms with Crippen molar-refractivity contribution in [3.8, 4) is 0 Å². The van der Waals surface area contributed by atoms with E-state index in [1.165, 1.54) is 0 Å². The van der Waals surface area contributed by atoms with Crippen LogP contribution in [0, 0.1) is 13.8 Å². The molecule has 0 aromatic carbocycles. The average molecular weight is 309 g/mol. The quantitative estimate of drug-likeness (QED) is 0.844. The molecule has 0 aliphatic heterocycles. The summed E-state index contributed by atoms with van der Waals surface area (Å²) in [7, 11) is -1.82. The molecule has 21 heavy (non-hydrogen) atoms. The van der Waals surface area contributed by atoms with Gasteiger partial charge in [0.15, 0.2) is 0 Å². The lowest BCUT2D eigenvalue weighted by atomic mass is 10.2. The molecule has 0 bridgehead atoms. The molecular weight excluding hydrogens is 290 g/mol. The molecule has 0 amide bonds. The van der Waals surface area contributed by atoms with Crippen LogP contribution in [0.3, 0.4) is 0 Å². The first-order chi connectivity index (χ1) is 9.94. The number of rotatable bonds is 6. The summed E-state index contributed by atoms with van der Waals surface area (Å²) in [4.78, 5) is 4.17. The van der Waals surface area contributed by atoms with Gasteiger partial charge in [-0.1, -0.05) is 0 Å². The number of sulfonamides is 1. The minimum absolute atomic E-state index is 0.180. The molecule has 0 aliphatic rings. The topological polar surface area (TPSA) is 84.2 Å². The molecule has 0 saturated carbocycles. The van der Waals surface area contributed by atoms with Gasteiger partial charge in [-0.05, 0) is 38.1 Å². The summed E-state index contributed by atoms with van der Waals surface area (Å²) in [5.74, 6) is 0.981. The van der Waals surface area contributed by atoms with Crippen molar-refractivity contribution < 1.29 is 12.8 Å². The summed E-state index contributed by atoms with van der Waals surface area (Å²) in [5, 5.41) is 2.93. The number of nitrogens with one attached hydrogen (secondary N) is 2. The molecule has 0 spiro atoms. The number of aryl methyl sites for hydroxylation is 2. The zero-order chi connectivity index (χ0) is 15.5. The van der Waals surface area contributed by atoms with E-state index in [4.69, 9.17) is 4.42 Å². The Bertz CT molecular complexity index is 723. The highest BCUT2D eigenvalue weighted by molar-refractivity contribution is 7.89. The summed E-state index contributed by atoms with van der Waals surface area (Å²) in [6.07, 6.45) is 3.35. The fraction of sp³-hybridized carbons (Fsp3) is 0.357. The predicted octanol–water partition coefficient (Wildman–Crippen LogP) is 1.49. The van der Waals surface area contributed by atoms with Gasteiger partial charge in [0, 0.05) is 25.0 Å². The van der Waals surface area contributed by atoms with E-state index in [2.05, 4.69) is 15.0 Å². The smallest absolute Gasteiger partial charge is 0.244 e. The van der Waals surface area contributed by atoms with Gasteiger partial charge in [0.25, 0.3) is 0 Å². The van der Waals surface area contributed by atoms with Crippen LogP contribution in [0.5, 0.6) is 0 Å². The Kier molecular flexibility index (Phi) is 4.76. The lowest BCUT2D eigenvalue weighted by Crippen LogP contribution is -2.23. The van der Waals surface area contributed by atoms with Gasteiger partial charge in [-0.2, -0.15) is 0 Å². The van der Waals surface area contributed by atoms with Crippen LogP contribution in [0.25, 0.3) is 0 Å². The summed E-state index contributed by atoms with van der Waals surface area (Å²) < 4.78 is 32.7. The monoisotopic (exact) mass is 309 g/mol. The first kappa shape index (κ1) is 15.7. The van der Waals surface area contributed by atoms with Crippen LogP contribution in [-0.4, -0.2) is 20.4 Å². The molecule has 2 aromatic heterocycles. The number of furan rings is 1. The van der Waals surface area contributed by atoms with Crippen LogP contribution < -0.4 is 10.0 Å². The molecule has 2 N–H and O–H groups in total. The fourth-order valence-electron chi connectivity index (χ4n) is 2.00. The highest BCUT2D eigenvalue weighted by Crippen LogP contribution is 2.20. The minimum atomic E-state index is -3.60. The lowest BCUT2D eigenvalue weighted by Gasteiger charge is -2.07. The van der Waals surface area contributed by atoms with Crippen molar-refractivity contribution in [2.75, 3.05) is 7.05 Å². The molecule has 0 atom stereocenters. The third kappa shape index (κ3) is 3.69. The van der Waals surface area contributed by atoms with E-state index in [0.29, 0.717) is 18.1 Å². The van der Waals surface area contributed by atoms with Crippen molar-refractivity contribution in [2.45, 2.75) is 31.8 Å². The summed E-state index contributed by atoms with van der Waals surface area (Å²) in [5.41, 5.74) is 1.84. The summed E-state index contributed by atoms with van der Waals surface area (Å²) in [6.45, 7) is 4.25. The molecule has 6 nitrogen and oxygen atoms in total. The number of aromatic nitrogens is 1. The Morgan fingerprint density at radius 1 is 1.29 bits per heavy atom. The maximum Gasteiger partial charge on any atom is 0.244 e. The van der Waals surface area contributed by atoms with Crippen molar-refractivity contribution in [1.82, 2.24) is 15.0 Å². The van der Waals surface area contributed by atoms with Crippen LogP contribution >= 0.6 is 0 Å². The Labute approximate surface area is 124 Å². The van der Waals surface area contributed by atoms with Crippen LogP contribution in [0.2, 0.25) is 0 Å². The molecule has 0 radical (unpaired) electrons. The first-order valence-electron chi connectivity index (χ1n) is 6.57. The van der Waals surface area contributed by atoms with E-state index >= 15 is 0 Å². The molecule has 0 saturated heterocycles. The number of hydrogen-bond acceptors (Lipinski definition) is 5. The zero-order valence-corrected chi connectivity index (χ0v) is 13.1. The maximum absolute atomic E-state index is 12.3. The summed E-state index contributed by atoms with van der Waals surface area (Å²) in [6, 6.07) is 3.35. The van der Waals surface area contributed by atoms with Crippen molar-refractivity contribution in [3.63, 3.8) is 0 Å². The molecule has 114 valence electrons. The third-order valence-corrected chi connectivity index (χ3v) is 4.66. The standard InChI is InChI=1S/C14H19N3O3S/c1-10-7-16-5-4-12(10)8-17-21(18,19)14-6-13(9-15-3)20-11(14)2/h4-7,15,17H,8-9H2,1-3H3. The van der Waals surface area contributed by atoms with Gasteiger partial charge in [-0.15, -0.1) is 0 Å². The Morgan fingerprint density at radius 2 is 2.05 bits per heavy atom. The van der Waals surface area contributed by atoms with E-state index < -0.39 is 10.0 Å². The normalized spacial score (nSPS) is 11.8. The van der Waals surface area contributed by atoms with Crippen molar-refractivity contribution in [3.05, 3.63) is 47.2 Å². The highest BCUT2D eigenvalue weighted by Gasteiger charge is 2.21. The second kappa shape index (κ2) is 6.38. The molecule has 7 heteroatoms. The van der Waals surface area contributed by atoms with Gasteiger partial charge in [0.2, 0.25) is 10.0 Å². The predicted molar refractivity (Wildman–Crippen MR) is 79.2 cm³/mol. The van der Waals surface area contributed by atoms with Crippen molar-refractivity contribution >= 4 is 10.0 Å². The molecule has 2 rings (SSSR count). The molecular formula is C14H19N3O3S. The number of hydrogen-bond donors (Lipinski definition) is 2. The molecule has 0 aliphatic carbocycles. The molecule has 2 aromatic rings. The Hall–Kier alpha value is -1.70. The van der Waals surface area contributed by atoms with E-state index in [0.717, 1.165) is 11.1 Å². The van der Waals surface area contributed by atoms with Crippen LogP contribution in [-0.2, 0) is 23.1 Å². The van der Waals surface area contributed by atoms with Gasteiger partial charge < -0.3 is 9.73 Å². The molecule has 0 fully saturated rings. The molecule has 2 heterocycles. The highest BCUT2D eigenvalue weighted by atomic mass is 32.2. The fourth-order valence-corrected chi connectivity index (χ4v) is 3.21. The van der Waals surface area contributed by atoms with Crippen LogP contribution in [0.15, 0.2) is 33.8 Å². The first-order valence-corrected chi connectivity index (χ1v) is 8.05. The second-order valence-corrected chi connectivity index (χ2v) is 6.53. The lowest BCUT2D eigenvalue weighted by molar-refractivity contribution is 0.465. The average Bonchev–Trinajstić information content (AvgIpc) is 2.80. The Balaban J connectivity index is 2.17. The van der Waals surface area contributed by atoms with Gasteiger partial charge >= 0.3 is 0 Å². The largest absolute Gasteiger partial charge is 0.464 e. The van der Waals surface area contributed by atoms with Gasteiger partial charge in [0.05, 0.1) is 6.54 Å². The minimum Gasteiger partial charge on any atom is -0.464 e. The molecule has 0 unspecified atom stereocenters. The van der Waals surface area contributed by atoms with Crippen LogP contribution in [0.1, 0.15) is 22.6 Å². The number of pyridine rings is 1. The summed E-state index contributed by atoms with van der Waals surface area (Å²) >= 11 is 0. The van der Waals surface area contributed by atoms with E-state index in [-0.39, 0.29) is 11.4 Å². The third-order valence-electron chi connectivity index (χ3n) is 3.15. The van der Waals surface area contributed by atoms with Crippen molar-refractivity contribution in [2.24, 2.45) is 0 Å². The zero-order valence-electron chi connectivity index (χ0n) is 12.3. The van der Waals surface area contributed by atoms with Gasteiger partial charge in [-0.25, -0.2) is 13.1 Å². The van der Waals surface area contributed by atoms with Gasteiger partial charge in [-0.3, -0.25) is 4.98 Å². The van der Waals surface area contributed by atoms with Gasteiger partial charge in [0.1, 0.15) is 16.4 Å². The second-order valence-electron chi connectivity index (χ2n) is 4.79. The van der Waals surface area contributed by atoms with E-state index in [9.17, 15) is 8.42 Å². The number of nitrogens with zero attached hydrogens (tertiary/aromatic N) is 1. The van der Waals surface area contributed by atoms with E-state index in [1.807, 2.05) is 6.92 Å².